The largest absolute Gasteiger partial charge is 0.493 e. The number of piperidine rings is 1. The highest BCUT2D eigenvalue weighted by Crippen LogP contribution is 2.50. The molecule has 1 N–H and O–H groups in total. The van der Waals surface area contributed by atoms with E-state index in [1.165, 1.54) is 29.5 Å². The average Bonchev–Trinajstić information content (AvgIpc) is 2.97. The van der Waals surface area contributed by atoms with Crippen molar-refractivity contribution in [1.29, 1.82) is 0 Å². The highest BCUT2D eigenvalue weighted by Gasteiger charge is 2.34. The number of hydrogen-bond acceptors (Lipinski definition) is 3. The molecule has 2 bridgehead atoms. The second kappa shape index (κ2) is 5.38. The summed E-state index contributed by atoms with van der Waals surface area (Å²) in [6, 6.07) is 15.8. The molecule has 0 saturated carbocycles. The van der Waals surface area contributed by atoms with E-state index in [0.717, 1.165) is 30.1 Å². The van der Waals surface area contributed by atoms with Crippen molar-refractivity contribution < 1.29 is 9.47 Å². The highest BCUT2D eigenvalue weighted by molar-refractivity contribution is 5.91. The molecule has 122 valence electrons. The van der Waals surface area contributed by atoms with Crippen LogP contribution in [0.25, 0.3) is 5.57 Å². The third-order valence-corrected chi connectivity index (χ3v) is 5.51. The number of ether oxygens (including phenoxy) is 2. The lowest BCUT2D eigenvalue weighted by molar-refractivity contribution is 0.376. The van der Waals surface area contributed by atoms with Gasteiger partial charge in [-0.2, -0.15) is 0 Å². The first-order valence-corrected chi connectivity index (χ1v) is 8.76. The van der Waals surface area contributed by atoms with Crippen molar-refractivity contribution >= 4 is 5.57 Å². The number of methoxy groups -OCH3 is 1. The quantitative estimate of drug-likeness (QED) is 0.715. The molecule has 3 heterocycles. The zero-order valence-corrected chi connectivity index (χ0v) is 13.8. The Morgan fingerprint density at radius 1 is 0.958 bits per heavy atom. The van der Waals surface area contributed by atoms with Crippen molar-refractivity contribution in [2.75, 3.05) is 7.11 Å². The maximum Gasteiger partial charge on any atom is 0.177 e. The van der Waals surface area contributed by atoms with E-state index < -0.39 is 0 Å². The van der Waals surface area contributed by atoms with Gasteiger partial charge in [0, 0.05) is 23.2 Å². The summed E-state index contributed by atoms with van der Waals surface area (Å²) in [5.41, 5.74) is 5.31. The van der Waals surface area contributed by atoms with Gasteiger partial charge in [0.2, 0.25) is 0 Å². The van der Waals surface area contributed by atoms with Crippen LogP contribution in [0.4, 0.5) is 0 Å². The SMILES string of the molecule is COc1cccc2c1Oc1ccccc1C2=C1CC2CCC(C1)N2. The number of fused-ring (bicyclic) bond motifs is 4. The van der Waals surface area contributed by atoms with E-state index in [4.69, 9.17) is 9.47 Å². The van der Waals surface area contributed by atoms with E-state index in [0.29, 0.717) is 12.1 Å². The van der Waals surface area contributed by atoms with Gasteiger partial charge in [-0.25, -0.2) is 0 Å². The van der Waals surface area contributed by atoms with Crippen LogP contribution in [0, 0.1) is 0 Å². The summed E-state index contributed by atoms with van der Waals surface area (Å²) in [7, 11) is 1.71. The monoisotopic (exact) mass is 319 g/mol. The van der Waals surface area contributed by atoms with Crippen LogP contribution in [-0.2, 0) is 0 Å². The summed E-state index contributed by atoms with van der Waals surface area (Å²) >= 11 is 0. The topological polar surface area (TPSA) is 30.5 Å². The number of benzene rings is 2. The smallest absolute Gasteiger partial charge is 0.177 e. The van der Waals surface area contributed by atoms with Crippen LogP contribution in [0.1, 0.15) is 36.8 Å². The fourth-order valence-electron chi connectivity index (χ4n) is 4.48. The molecule has 2 fully saturated rings. The lowest BCUT2D eigenvalue weighted by atomic mass is 9.84. The van der Waals surface area contributed by atoms with Crippen molar-refractivity contribution in [1.82, 2.24) is 5.32 Å². The molecular formula is C21H21NO2. The fourth-order valence-corrected chi connectivity index (χ4v) is 4.48. The molecule has 3 heteroatoms. The van der Waals surface area contributed by atoms with Gasteiger partial charge in [-0.3, -0.25) is 0 Å². The molecule has 3 aliphatic heterocycles. The Balaban J connectivity index is 1.75. The van der Waals surface area contributed by atoms with Crippen LogP contribution >= 0.6 is 0 Å². The van der Waals surface area contributed by atoms with Crippen LogP contribution < -0.4 is 14.8 Å². The minimum Gasteiger partial charge on any atom is -0.493 e. The lowest BCUT2D eigenvalue weighted by Crippen LogP contribution is -2.35. The van der Waals surface area contributed by atoms with Gasteiger partial charge in [-0.05, 0) is 43.4 Å². The molecule has 0 radical (unpaired) electrons. The van der Waals surface area contributed by atoms with Crippen molar-refractivity contribution in [3.8, 4) is 17.2 Å². The Hall–Kier alpha value is -2.26. The molecule has 0 spiro atoms. The summed E-state index contributed by atoms with van der Waals surface area (Å²) in [6.45, 7) is 0. The van der Waals surface area contributed by atoms with Gasteiger partial charge >= 0.3 is 0 Å². The summed E-state index contributed by atoms with van der Waals surface area (Å²) in [6.07, 6.45) is 4.86. The predicted octanol–water partition coefficient (Wildman–Crippen LogP) is 4.52. The van der Waals surface area contributed by atoms with Gasteiger partial charge in [-0.15, -0.1) is 0 Å². The van der Waals surface area contributed by atoms with Crippen molar-refractivity contribution in [3.05, 3.63) is 59.2 Å². The fraction of sp³-hybridized carbons (Fsp3) is 0.333. The van der Waals surface area contributed by atoms with Gasteiger partial charge in [0.15, 0.2) is 11.5 Å². The number of hydrogen-bond donors (Lipinski definition) is 1. The van der Waals surface area contributed by atoms with Gasteiger partial charge in [0.05, 0.1) is 7.11 Å². The van der Waals surface area contributed by atoms with E-state index in [-0.39, 0.29) is 0 Å². The number of nitrogens with one attached hydrogen (secondary N) is 1. The summed E-state index contributed by atoms with van der Waals surface area (Å²) < 4.78 is 11.8. The van der Waals surface area contributed by atoms with Crippen molar-refractivity contribution in [3.63, 3.8) is 0 Å². The van der Waals surface area contributed by atoms with Crippen LogP contribution in [0.2, 0.25) is 0 Å². The molecular weight excluding hydrogens is 298 g/mol. The van der Waals surface area contributed by atoms with Crippen LogP contribution in [0.3, 0.4) is 0 Å². The molecule has 3 nitrogen and oxygen atoms in total. The molecule has 0 aromatic heterocycles. The molecule has 2 aromatic rings. The molecule has 3 aliphatic rings. The third-order valence-electron chi connectivity index (χ3n) is 5.51. The Bertz CT molecular complexity index is 825. The normalized spacial score (nSPS) is 24.2. The van der Waals surface area contributed by atoms with Gasteiger partial charge in [0.25, 0.3) is 0 Å². The van der Waals surface area contributed by atoms with Crippen LogP contribution in [0.5, 0.6) is 17.2 Å². The average molecular weight is 319 g/mol. The first kappa shape index (κ1) is 14.1. The first-order valence-electron chi connectivity index (χ1n) is 8.76. The molecule has 2 aromatic carbocycles. The lowest BCUT2D eigenvalue weighted by Gasteiger charge is -2.30. The molecule has 24 heavy (non-hydrogen) atoms. The highest BCUT2D eigenvalue weighted by atomic mass is 16.5. The van der Waals surface area contributed by atoms with Crippen molar-refractivity contribution in [2.24, 2.45) is 0 Å². The van der Waals surface area contributed by atoms with Crippen molar-refractivity contribution in [2.45, 2.75) is 37.8 Å². The van der Waals surface area contributed by atoms with E-state index in [9.17, 15) is 0 Å². The van der Waals surface area contributed by atoms with Crippen LogP contribution in [-0.4, -0.2) is 19.2 Å². The zero-order chi connectivity index (χ0) is 16.1. The Morgan fingerprint density at radius 2 is 1.71 bits per heavy atom. The maximum atomic E-state index is 6.22. The van der Waals surface area contributed by atoms with E-state index in [1.54, 1.807) is 12.7 Å². The summed E-state index contributed by atoms with van der Waals surface area (Å²) in [5, 5.41) is 3.74. The predicted molar refractivity (Wildman–Crippen MR) is 94.7 cm³/mol. The first-order chi connectivity index (χ1) is 11.8. The zero-order valence-electron chi connectivity index (χ0n) is 13.8. The van der Waals surface area contributed by atoms with Gasteiger partial charge in [0.1, 0.15) is 5.75 Å². The summed E-state index contributed by atoms with van der Waals surface area (Å²) in [4.78, 5) is 0. The molecule has 2 unspecified atom stereocenters. The molecule has 0 amide bonds. The van der Waals surface area contributed by atoms with Gasteiger partial charge < -0.3 is 14.8 Å². The Kier molecular flexibility index (Phi) is 3.17. The van der Waals surface area contributed by atoms with E-state index in [2.05, 4.69) is 35.6 Å². The van der Waals surface area contributed by atoms with Crippen LogP contribution in [0.15, 0.2) is 48.0 Å². The second-order valence-corrected chi connectivity index (χ2v) is 6.96. The molecule has 2 atom stereocenters. The second-order valence-electron chi connectivity index (χ2n) is 6.96. The van der Waals surface area contributed by atoms with E-state index in [1.807, 2.05) is 12.1 Å². The third kappa shape index (κ3) is 2.08. The Labute approximate surface area is 142 Å². The minimum absolute atomic E-state index is 0.635. The standard InChI is InChI=1S/C21H21NO2/c1-23-19-8-4-6-17-20(13-11-14-9-10-15(12-13)22-14)16-5-2-3-7-18(16)24-21(17)19/h2-8,14-15,22H,9-12H2,1H3. The maximum absolute atomic E-state index is 6.22. The molecule has 5 rings (SSSR count). The van der Waals surface area contributed by atoms with Gasteiger partial charge in [-0.1, -0.05) is 35.9 Å². The number of rotatable bonds is 1. The Morgan fingerprint density at radius 3 is 2.50 bits per heavy atom. The molecule has 0 aliphatic carbocycles. The number of para-hydroxylation sites is 2. The minimum atomic E-state index is 0.635. The molecule has 2 saturated heterocycles. The summed E-state index contributed by atoms with van der Waals surface area (Å²) in [5.74, 6) is 2.59. The van der Waals surface area contributed by atoms with E-state index >= 15 is 0 Å².